The van der Waals surface area contributed by atoms with Gasteiger partial charge in [0.05, 0.1) is 6.54 Å². The molecule has 1 atom stereocenters. The molecule has 24 heavy (non-hydrogen) atoms. The van der Waals surface area contributed by atoms with Crippen LogP contribution in [-0.4, -0.2) is 31.0 Å². The molecular formula is C17H28BrIN4O. The van der Waals surface area contributed by atoms with Crippen LogP contribution < -0.4 is 16.0 Å². The van der Waals surface area contributed by atoms with Gasteiger partial charge in [0, 0.05) is 29.2 Å². The van der Waals surface area contributed by atoms with E-state index in [0.29, 0.717) is 19.0 Å². The molecule has 0 bridgehead atoms. The lowest BCUT2D eigenvalue weighted by Gasteiger charge is -2.16. The van der Waals surface area contributed by atoms with Gasteiger partial charge in [-0.1, -0.05) is 28.9 Å². The van der Waals surface area contributed by atoms with Gasteiger partial charge in [0.2, 0.25) is 5.91 Å². The van der Waals surface area contributed by atoms with Crippen LogP contribution in [-0.2, 0) is 4.79 Å². The highest BCUT2D eigenvalue weighted by Gasteiger charge is 2.06. The molecule has 1 unspecified atom stereocenters. The van der Waals surface area contributed by atoms with Crippen molar-refractivity contribution in [1.29, 1.82) is 0 Å². The van der Waals surface area contributed by atoms with Crippen molar-refractivity contribution in [2.75, 3.05) is 18.4 Å². The van der Waals surface area contributed by atoms with E-state index < -0.39 is 0 Å². The lowest BCUT2D eigenvalue weighted by molar-refractivity contribution is -0.116. The third-order valence-corrected chi connectivity index (χ3v) is 3.92. The molecule has 3 N–H and O–H groups in total. The number of rotatable bonds is 7. The Bertz CT molecular complexity index is 551. The quantitative estimate of drug-likeness (QED) is 0.294. The molecule has 0 aromatic heterocycles. The second kappa shape index (κ2) is 12.5. The number of benzene rings is 1. The smallest absolute Gasteiger partial charge is 0.226 e. The molecular weight excluding hydrogens is 483 g/mol. The Balaban J connectivity index is 0.00000529. The highest BCUT2D eigenvalue weighted by molar-refractivity contribution is 14.0. The second-order valence-corrected chi connectivity index (χ2v) is 6.39. The average molecular weight is 511 g/mol. The van der Waals surface area contributed by atoms with Gasteiger partial charge in [0.25, 0.3) is 0 Å². The molecule has 5 nitrogen and oxygen atoms in total. The minimum Gasteiger partial charge on any atom is -0.357 e. The molecule has 0 heterocycles. The first-order chi connectivity index (χ1) is 11.0. The summed E-state index contributed by atoms with van der Waals surface area (Å²) in [6, 6.07) is 6.19. The standard InChI is InChI=1S/C17H27BrN4O.HI/c1-5-13(4)21-17(19-6-2)20-10-9-16(23)22-15-11-14(18)8-7-12(15)3;/h7-8,11,13H,5-6,9-10H2,1-4H3,(H,22,23)(H2,19,20,21);1H. The van der Waals surface area contributed by atoms with E-state index >= 15 is 0 Å². The molecule has 0 radical (unpaired) electrons. The maximum atomic E-state index is 12.1. The number of carbonyl (C=O) groups excluding carboxylic acids is 1. The highest BCUT2D eigenvalue weighted by atomic mass is 127. The summed E-state index contributed by atoms with van der Waals surface area (Å²) in [5.74, 6) is 0.725. The van der Waals surface area contributed by atoms with E-state index in [4.69, 9.17) is 0 Å². The number of hydrogen-bond acceptors (Lipinski definition) is 2. The van der Waals surface area contributed by atoms with Crippen molar-refractivity contribution in [2.24, 2.45) is 4.99 Å². The number of anilines is 1. The van der Waals surface area contributed by atoms with Crippen molar-refractivity contribution in [3.8, 4) is 0 Å². The summed E-state index contributed by atoms with van der Waals surface area (Å²) in [5.41, 5.74) is 1.87. The number of hydrogen-bond donors (Lipinski definition) is 3. The summed E-state index contributed by atoms with van der Waals surface area (Å²) in [5, 5.41) is 9.43. The van der Waals surface area contributed by atoms with Gasteiger partial charge < -0.3 is 16.0 Å². The van der Waals surface area contributed by atoms with Crippen molar-refractivity contribution >= 4 is 57.5 Å². The molecule has 1 amide bonds. The van der Waals surface area contributed by atoms with E-state index in [1.54, 1.807) is 0 Å². The Morgan fingerprint density at radius 1 is 1.33 bits per heavy atom. The Morgan fingerprint density at radius 3 is 2.67 bits per heavy atom. The van der Waals surface area contributed by atoms with Gasteiger partial charge in [-0.05, 0) is 44.9 Å². The number of nitrogens with zero attached hydrogens (tertiary/aromatic N) is 1. The van der Waals surface area contributed by atoms with E-state index in [1.807, 2.05) is 32.0 Å². The molecule has 0 spiro atoms. The van der Waals surface area contributed by atoms with Crippen molar-refractivity contribution in [3.05, 3.63) is 28.2 Å². The van der Waals surface area contributed by atoms with Crippen LogP contribution in [0.2, 0.25) is 0 Å². The van der Waals surface area contributed by atoms with Crippen molar-refractivity contribution in [2.45, 2.75) is 46.6 Å². The number of halogens is 2. The Labute approximate surface area is 170 Å². The normalized spacial score (nSPS) is 12.1. The van der Waals surface area contributed by atoms with Gasteiger partial charge >= 0.3 is 0 Å². The topological polar surface area (TPSA) is 65.5 Å². The lowest BCUT2D eigenvalue weighted by atomic mass is 10.2. The molecule has 1 rings (SSSR count). The number of aryl methyl sites for hydroxylation is 1. The van der Waals surface area contributed by atoms with Crippen molar-refractivity contribution < 1.29 is 4.79 Å². The van der Waals surface area contributed by atoms with E-state index in [-0.39, 0.29) is 29.9 Å². The van der Waals surface area contributed by atoms with Gasteiger partial charge in [-0.25, -0.2) is 0 Å². The Morgan fingerprint density at radius 2 is 2.04 bits per heavy atom. The fourth-order valence-electron chi connectivity index (χ4n) is 1.87. The van der Waals surface area contributed by atoms with Gasteiger partial charge in [0.15, 0.2) is 5.96 Å². The molecule has 0 saturated carbocycles. The number of guanidine groups is 1. The minimum absolute atomic E-state index is 0. The number of aliphatic imine (C=N–C) groups is 1. The predicted octanol–water partition coefficient (Wildman–Crippen LogP) is 4.06. The fourth-order valence-corrected chi connectivity index (χ4v) is 2.23. The summed E-state index contributed by atoms with van der Waals surface area (Å²) in [6.07, 6.45) is 1.37. The van der Waals surface area contributed by atoms with Crippen molar-refractivity contribution in [3.63, 3.8) is 0 Å². The van der Waals surface area contributed by atoms with E-state index in [1.165, 1.54) is 0 Å². The van der Waals surface area contributed by atoms with Gasteiger partial charge in [0.1, 0.15) is 0 Å². The summed E-state index contributed by atoms with van der Waals surface area (Å²) in [4.78, 5) is 16.5. The molecule has 0 fully saturated rings. The van der Waals surface area contributed by atoms with Crippen LogP contribution in [0, 0.1) is 6.92 Å². The average Bonchev–Trinajstić information content (AvgIpc) is 2.51. The first-order valence-corrected chi connectivity index (χ1v) is 8.86. The molecule has 1 aromatic rings. The first-order valence-electron chi connectivity index (χ1n) is 8.07. The first kappa shape index (κ1) is 23.2. The summed E-state index contributed by atoms with van der Waals surface area (Å²) < 4.78 is 0.948. The molecule has 0 aliphatic rings. The zero-order valence-corrected chi connectivity index (χ0v) is 18.7. The Hall–Kier alpha value is -0.830. The molecule has 0 saturated heterocycles. The molecule has 0 aliphatic heterocycles. The summed E-state index contributed by atoms with van der Waals surface area (Å²) in [6.45, 7) is 9.47. The number of nitrogens with one attached hydrogen (secondary N) is 3. The van der Waals surface area contributed by atoms with Crippen LogP contribution in [0.15, 0.2) is 27.7 Å². The summed E-state index contributed by atoms with van der Waals surface area (Å²) in [7, 11) is 0. The second-order valence-electron chi connectivity index (χ2n) is 5.47. The van der Waals surface area contributed by atoms with Crippen LogP contribution >= 0.6 is 39.9 Å². The van der Waals surface area contributed by atoms with Crippen LogP contribution in [0.5, 0.6) is 0 Å². The lowest BCUT2D eigenvalue weighted by Crippen LogP contribution is -2.42. The van der Waals surface area contributed by atoms with Gasteiger partial charge in [-0.3, -0.25) is 9.79 Å². The summed E-state index contributed by atoms with van der Waals surface area (Å²) >= 11 is 3.42. The number of amides is 1. The monoisotopic (exact) mass is 510 g/mol. The molecule has 1 aromatic carbocycles. The van der Waals surface area contributed by atoms with Crippen LogP contribution in [0.25, 0.3) is 0 Å². The van der Waals surface area contributed by atoms with Crippen LogP contribution in [0.1, 0.15) is 39.2 Å². The maximum Gasteiger partial charge on any atom is 0.226 e. The molecule has 0 aliphatic carbocycles. The zero-order valence-electron chi connectivity index (χ0n) is 14.8. The largest absolute Gasteiger partial charge is 0.357 e. The van der Waals surface area contributed by atoms with Crippen LogP contribution in [0.4, 0.5) is 5.69 Å². The number of carbonyl (C=O) groups is 1. The third-order valence-electron chi connectivity index (χ3n) is 3.42. The molecule has 136 valence electrons. The van der Waals surface area contributed by atoms with E-state index in [2.05, 4.69) is 50.7 Å². The zero-order chi connectivity index (χ0) is 17.2. The maximum absolute atomic E-state index is 12.1. The minimum atomic E-state index is -0.0330. The predicted molar refractivity (Wildman–Crippen MR) is 116 cm³/mol. The van der Waals surface area contributed by atoms with Crippen molar-refractivity contribution in [1.82, 2.24) is 10.6 Å². The highest BCUT2D eigenvalue weighted by Crippen LogP contribution is 2.20. The fraction of sp³-hybridized carbons (Fsp3) is 0.529. The van der Waals surface area contributed by atoms with Gasteiger partial charge in [-0.2, -0.15) is 0 Å². The third kappa shape index (κ3) is 8.86. The van der Waals surface area contributed by atoms with Gasteiger partial charge in [-0.15, -0.1) is 24.0 Å². The SMILES string of the molecule is CCNC(=NCCC(=O)Nc1cc(Br)ccc1C)NC(C)CC.I. The Kier molecular flexibility index (Phi) is 12.1. The van der Waals surface area contributed by atoms with Crippen LogP contribution in [0.3, 0.4) is 0 Å². The van der Waals surface area contributed by atoms with E-state index in [0.717, 1.165) is 34.6 Å². The molecule has 7 heteroatoms. The van der Waals surface area contributed by atoms with E-state index in [9.17, 15) is 4.79 Å².